The van der Waals surface area contributed by atoms with E-state index in [0.29, 0.717) is 17.9 Å². The average Bonchev–Trinajstić information content (AvgIpc) is 2.67. The molecule has 1 N–H and O–H groups in total. The minimum atomic E-state index is -0.151. The van der Waals surface area contributed by atoms with E-state index in [-0.39, 0.29) is 5.91 Å². The van der Waals surface area contributed by atoms with E-state index < -0.39 is 0 Å². The minimum absolute atomic E-state index is 0.151. The number of nitrogens with zero attached hydrogens (tertiary/aromatic N) is 4. The number of hydrogen-bond donors (Lipinski definition) is 1. The summed E-state index contributed by atoms with van der Waals surface area (Å²) in [5, 5.41) is 2.88. The Hall–Kier alpha value is -3.15. The van der Waals surface area contributed by atoms with Crippen molar-refractivity contribution in [2.24, 2.45) is 0 Å². The summed E-state index contributed by atoms with van der Waals surface area (Å²) in [6.07, 6.45) is 3.85. The van der Waals surface area contributed by atoms with Crippen molar-refractivity contribution in [1.82, 2.24) is 25.3 Å². The van der Waals surface area contributed by atoms with Gasteiger partial charge in [0.25, 0.3) is 5.91 Å². The molecule has 3 rings (SSSR count). The largest absolute Gasteiger partial charge is 0.345 e. The molecular weight excluding hydrogens is 350 g/mol. The summed E-state index contributed by atoms with van der Waals surface area (Å²) < 4.78 is 0. The predicted molar refractivity (Wildman–Crippen MR) is 109 cm³/mol. The smallest absolute Gasteiger partial charge is 0.251 e. The number of nitrogens with one attached hydrogen (secondary N) is 1. The summed E-state index contributed by atoms with van der Waals surface area (Å²) in [5.41, 5.74) is 5.43. The molecule has 144 valence electrons. The molecule has 0 radical (unpaired) electrons. The lowest BCUT2D eigenvalue weighted by molar-refractivity contribution is 0.0950. The lowest BCUT2D eigenvalue weighted by atomic mass is 10.0. The third-order valence-electron chi connectivity index (χ3n) is 4.36. The predicted octanol–water partition coefficient (Wildman–Crippen LogP) is 3.74. The van der Waals surface area contributed by atoms with Gasteiger partial charge in [0, 0.05) is 28.7 Å². The van der Waals surface area contributed by atoms with Crippen molar-refractivity contribution in [3.63, 3.8) is 0 Å². The van der Waals surface area contributed by atoms with Crippen LogP contribution in [0.3, 0.4) is 0 Å². The fourth-order valence-corrected chi connectivity index (χ4v) is 3.12. The summed E-state index contributed by atoms with van der Waals surface area (Å²) in [7, 11) is 0. The molecule has 1 amide bonds. The number of carbonyl (C=O) groups excluding carboxylic acids is 1. The number of hydrogen-bond acceptors (Lipinski definition) is 5. The van der Waals surface area contributed by atoms with Crippen LogP contribution in [0.5, 0.6) is 0 Å². The zero-order valence-electron chi connectivity index (χ0n) is 16.8. The van der Waals surface area contributed by atoms with Crippen molar-refractivity contribution in [2.45, 2.75) is 47.1 Å². The Bertz CT molecular complexity index is 962. The standard InChI is InChI=1S/C22H25N5O/c1-5-6-19-12-23-16(4)27-21(19)17-7-9-18(10-8-17)22(28)24-13-20-25-14(2)11-15(3)26-20/h7-12H,5-6,13H2,1-4H3,(H,24,28). The van der Waals surface area contributed by atoms with Gasteiger partial charge in [-0.15, -0.1) is 0 Å². The van der Waals surface area contributed by atoms with Crippen molar-refractivity contribution in [2.75, 3.05) is 0 Å². The van der Waals surface area contributed by atoms with E-state index in [4.69, 9.17) is 0 Å². The first kappa shape index (κ1) is 19.6. The Morgan fingerprint density at radius 1 is 1.00 bits per heavy atom. The van der Waals surface area contributed by atoms with Crippen molar-refractivity contribution in [3.05, 3.63) is 70.7 Å². The van der Waals surface area contributed by atoms with Crippen LogP contribution in [0.15, 0.2) is 36.5 Å². The van der Waals surface area contributed by atoms with Gasteiger partial charge in [-0.25, -0.2) is 19.9 Å². The Balaban J connectivity index is 1.73. The van der Waals surface area contributed by atoms with E-state index in [1.165, 1.54) is 0 Å². The Kier molecular flexibility index (Phi) is 6.09. The zero-order chi connectivity index (χ0) is 20.1. The SMILES string of the molecule is CCCc1cnc(C)nc1-c1ccc(C(=O)NCc2nc(C)cc(C)n2)cc1. The molecule has 3 aromatic rings. The van der Waals surface area contributed by atoms with Crippen LogP contribution in [-0.4, -0.2) is 25.8 Å². The molecule has 28 heavy (non-hydrogen) atoms. The molecule has 0 aliphatic rings. The van der Waals surface area contributed by atoms with Crippen LogP contribution in [0.4, 0.5) is 0 Å². The van der Waals surface area contributed by atoms with E-state index in [9.17, 15) is 4.79 Å². The highest BCUT2D eigenvalue weighted by Gasteiger charge is 2.11. The molecule has 0 unspecified atom stereocenters. The molecule has 6 heteroatoms. The highest BCUT2D eigenvalue weighted by molar-refractivity contribution is 5.94. The molecule has 0 fully saturated rings. The molecule has 0 spiro atoms. The summed E-state index contributed by atoms with van der Waals surface area (Å²) >= 11 is 0. The quantitative estimate of drug-likeness (QED) is 0.710. The second kappa shape index (κ2) is 8.69. The van der Waals surface area contributed by atoms with Crippen LogP contribution in [0.2, 0.25) is 0 Å². The highest BCUT2D eigenvalue weighted by Crippen LogP contribution is 2.23. The molecular formula is C22H25N5O. The number of rotatable bonds is 6. The molecule has 0 bridgehead atoms. The molecule has 2 heterocycles. The zero-order valence-corrected chi connectivity index (χ0v) is 16.8. The molecule has 0 saturated carbocycles. The van der Waals surface area contributed by atoms with Crippen molar-refractivity contribution >= 4 is 5.91 Å². The number of benzene rings is 1. The van der Waals surface area contributed by atoms with Gasteiger partial charge in [0.1, 0.15) is 11.6 Å². The molecule has 0 saturated heterocycles. The average molecular weight is 375 g/mol. The molecule has 0 atom stereocenters. The fourth-order valence-electron chi connectivity index (χ4n) is 3.12. The lowest BCUT2D eigenvalue weighted by Gasteiger charge is -2.10. The normalized spacial score (nSPS) is 10.7. The third kappa shape index (κ3) is 4.76. The molecule has 0 aliphatic heterocycles. The summed E-state index contributed by atoms with van der Waals surface area (Å²) in [4.78, 5) is 30.1. The maximum Gasteiger partial charge on any atom is 0.251 e. The number of aromatic nitrogens is 4. The number of amides is 1. The molecule has 2 aromatic heterocycles. The summed E-state index contributed by atoms with van der Waals surface area (Å²) in [5.74, 6) is 1.20. The maximum absolute atomic E-state index is 12.5. The van der Waals surface area contributed by atoms with E-state index in [1.807, 2.05) is 57.3 Å². The van der Waals surface area contributed by atoms with Crippen molar-refractivity contribution in [3.8, 4) is 11.3 Å². The van der Waals surface area contributed by atoms with Gasteiger partial charge in [-0.05, 0) is 51.0 Å². The lowest BCUT2D eigenvalue weighted by Crippen LogP contribution is -2.24. The Morgan fingerprint density at radius 3 is 2.32 bits per heavy atom. The van der Waals surface area contributed by atoms with Crippen LogP contribution in [0.25, 0.3) is 11.3 Å². The molecule has 0 aliphatic carbocycles. The van der Waals surface area contributed by atoms with Gasteiger partial charge in [-0.3, -0.25) is 4.79 Å². The van der Waals surface area contributed by atoms with E-state index >= 15 is 0 Å². The topological polar surface area (TPSA) is 80.7 Å². The van der Waals surface area contributed by atoms with Crippen molar-refractivity contribution < 1.29 is 4.79 Å². The van der Waals surface area contributed by atoms with E-state index in [1.54, 1.807) is 0 Å². The first-order valence-electron chi connectivity index (χ1n) is 9.48. The van der Waals surface area contributed by atoms with Crippen molar-refractivity contribution in [1.29, 1.82) is 0 Å². The van der Waals surface area contributed by atoms with Crippen LogP contribution in [0.1, 0.15) is 52.3 Å². The Morgan fingerprint density at radius 2 is 1.68 bits per heavy atom. The Labute approximate surface area is 165 Å². The highest BCUT2D eigenvalue weighted by atomic mass is 16.1. The van der Waals surface area contributed by atoms with Gasteiger partial charge < -0.3 is 5.32 Å². The van der Waals surface area contributed by atoms with Crippen LogP contribution in [0, 0.1) is 20.8 Å². The van der Waals surface area contributed by atoms with Crippen LogP contribution < -0.4 is 5.32 Å². The van der Waals surface area contributed by atoms with Gasteiger partial charge in [-0.2, -0.15) is 0 Å². The first-order valence-corrected chi connectivity index (χ1v) is 9.48. The van der Waals surface area contributed by atoms with Crippen LogP contribution >= 0.6 is 0 Å². The number of carbonyl (C=O) groups is 1. The summed E-state index contributed by atoms with van der Waals surface area (Å²) in [6.45, 7) is 8.16. The third-order valence-corrected chi connectivity index (χ3v) is 4.36. The van der Waals surface area contributed by atoms with E-state index in [0.717, 1.165) is 46.9 Å². The van der Waals surface area contributed by atoms with Gasteiger partial charge in [-0.1, -0.05) is 25.5 Å². The van der Waals surface area contributed by atoms with Gasteiger partial charge in [0.15, 0.2) is 0 Å². The van der Waals surface area contributed by atoms with Gasteiger partial charge >= 0.3 is 0 Å². The van der Waals surface area contributed by atoms with Crippen LogP contribution in [-0.2, 0) is 13.0 Å². The molecule has 6 nitrogen and oxygen atoms in total. The fraction of sp³-hybridized carbons (Fsp3) is 0.318. The molecule has 1 aromatic carbocycles. The minimum Gasteiger partial charge on any atom is -0.345 e. The van der Waals surface area contributed by atoms with Gasteiger partial charge in [0.05, 0.1) is 12.2 Å². The second-order valence-electron chi connectivity index (χ2n) is 6.87. The maximum atomic E-state index is 12.5. The van der Waals surface area contributed by atoms with Gasteiger partial charge in [0.2, 0.25) is 0 Å². The second-order valence-corrected chi connectivity index (χ2v) is 6.87. The summed E-state index contributed by atoms with van der Waals surface area (Å²) in [6, 6.07) is 9.42. The number of aryl methyl sites for hydroxylation is 4. The monoisotopic (exact) mass is 375 g/mol. The first-order chi connectivity index (χ1) is 13.5. The van der Waals surface area contributed by atoms with E-state index in [2.05, 4.69) is 32.2 Å².